The van der Waals surface area contributed by atoms with Crippen LogP contribution in [-0.2, 0) is 14.4 Å². The molecule has 1 aliphatic rings. The van der Waals surface area contributed by atoms with Gasteiger partial charge in [0.15, 0.2) is 0 Å². The Morgan fingerprint density at radius 1 is 1.04 bits per heavy atom. The van der Waals surface area contributed by atoms with E-state index in [0.29, 0.717) is 11.4 Å². The van der Waals surface area contributed by atoms with Gasteiger partial charge in [-0.05, 0) is 48.5 Å². The molecule has 2 aromatic rings. The summed E-state index contributed by atoms with van der Waals surface area (Å²) in [6, 6.07) is 14.2. The number of carbonyl (C=O) groups is 3. The van der Waals surface area contributed by atoms with Gasteiger partial charge in [-0.3, -0.25) is 14.4 Å². The highest BCUT2D eigenvalue weighted by molar-refractivity contribution is 9.10. The van der Waals surface area contributed by atoms with Crippen LogP contribution < -0.4 is 10.2 Å². The standard InChI is InChI=1S/C18H14Br2N2O3S/c19-11-1-5-13(6-2-11)21-16(23)10-26-15-9-17(24)22(18(15)25)14-7-3-12(20)4-8-14/h1-8,15H,9-10H2,(H,21,23)/t15-/m1/s1. The van der Waals surface area contributed by atoms with Crippen LogP contribution in [0.3, 0.4) is 0 Å². The fraction of sp³-hybridized carbons (Fsp3) is 0.167. The number of thioether (sulfide) groups is 1. The Hall–Kier alpha value is -1.64. The largest absolute Gasteiger partial charge is 0.325 e. The molecule has 3 rings (SSSR count). The molecular weight excluding hydrogens is 484 g/mol. The van der Waals surface area contributed by atoms with Gasteiger partial charge in [0.25, 0.3) is 0 Å². The van der Waals surface area contributed by atoms with E-state index >= 15 is 0 Å². The average molecular weight is 498 g/mol. The van der Waals surface area contributed by atoms with Crippen molar-refractivity contribution >= 4 is 72.7 Å². The van der Waals surface area contributed by atoms with E-state index in [1.807, 2.05) is 12.1 Å². The van der Waals surface area contributed by atoms with Gasteiger partial charge < -0.3 is 5.32 Å². The maximum Gasteiger partial charge on any atom is 0.247 e. The maximum atomic E-state index is 12.5. The molecule has 0 saturated carbocycles. The smallest absolute Gasteiger partial charge is 0.247 e. The number of carbonyl (C=O) groups excluding carboxylic acids is 3. The van der Waals surface area contributed by atoms with Gasteiger partial charge in [0.2, 0.25) is 17.7 Å². The van der Waals surface area contributed by atoms with Crippen molar-refractivity contribution in [3.05, 3.63) is 57.5 Å². The molecule has 26 heavy (non-hydrogen) atoms. The predicted octanol–water partition coefficient (Wildman–Crippen LogP) is 4.22. The molecule has 134 valence electrons. The molecule has 0 spiro atoms. The molecule has 1 fully saturated rings. The highest BCUT2D eigenvalue weighted by Gasteiger charge is 2.40. The number of halogens is 2. The lowest BCUT2D eigenvalue weighted by atomic mass is 10.3. The van der Waals surface area contributed by atoms with Gasteiger partial charge in [-0.1, -0.05) is 31.9 Å². The predicted molar refractivity (Wildman–Crippen MR) is 110 cm³/mol. The minimum atomic E-state index is -0.540. The maximum absolute atomic E-state index is 12.5. The van der Waals surface area contributed by atoms with Crippen LogP contribution in [0.2, 0.25) is 0 Å². The number of amides is 3. The third-order valence-corrected chi connectivity index (χ3v) is 5.99. The molecule has 3 amide bonds. The molecule has 1 heterocycles. The second-order valence-corrected chi connectivity index (χ2v) is 8.63. The van der Waals surface area contributed by atoms with Crippen molar-refractivity contribution in [2.24, 2.45) is 0 Å². The SMILES string of the molecule is O=C(CS[C@@H]1CC(=O)N(c2ccc(Br)cc2)C1=O)Nc1ccc(Br)cc1. The van der Waals surface area contributed by atoms with Crippen molar-refractivity contribution < 1.29 is 14.4 Å². The summed E-state index contributed by atoms with van der Waals surface area (Å²) in [6.07, 6.45) is 0.102. The second kappa shape index (κ2) is 8.37. The van der Waals surface area contributed by atoms with Crippen LogP contribution in [-0.4, -0.2) is 28.7 Å². The normalized spacial score (nSPS) is 16.8. The van der Waals surface area contributed by atoms with Crippen LogP contribution >= 0.6 is 43.6 Å². The lowest BCUT2D eigenvalue weighted by Gasteiger charge is -2.15. The molecule has 1 saturated heterocycles. The highest BCUT2D eigenvalue weighted by Crippen LogP contribution is 2.30. The van der Waals surface area contributed by atoms with Gasteiger partial charge >= 0.3 is 0 Å². The third-order valence-electron chi connectivity index (χ3n) is 3.73. The Balaban J connectivity index is 1.57. The molecule has 5 nitrogen and oxygen atoms in total. The molecule has 0 bridgehead atoms. The first-order valence-corrected chi connectivity index (χ1v) is 10.4. The molecule has 1 aliphatic heterocycles. The van der Waals surface area contributed by atoms with E-state index in [1.54, 1.807) is 36.4 Å². The Kier molecular flexibility index (Phi) is 6.16. The van der Waals surface area contributed by atoms with Crippen molar-refractivity contribution in [3.63, 3.8) is 0 Å². The molecular formula is C18H14Br2N2O3S. The Bertz CT molecular complexity index is 841. The summed E-state index contributed by atoms with van der Waals surface area (Å²) in [5.74, 6) is -0.630. The highest BCUT2D eigenvalue weighted by atomic mass is 79.9. The lowest BCUT2D eigenvalue weighted by Crippen LogP contribution is -2.31. The summed E-state index contributed by atoms with van der Waals surface area (Å²) < 4.78 is 1.80. The number of rotatable bonds is 5. The Labute approximate surface area is 171 Å². The fourth-order valence-electron chi connectivity index (χ4n) is 2.50. The molecule has 8 heteroatoms. The van der Waals surface area contributed by atoms with Crippen molar-refractivity contribution in [3.8, 4) is 0 Å². The minimum absolute atomic E-state index is 0.102. The Morgan fingerprint density at radius 2 is 1.62 bits per heavy atom. The molecule has 0 unspecified atom stereocenters. The summed E-state index contributed by atoms with van der Waals surface area (Å²) in [5.41, 5.74) is 1.23. The van der Waals surface area contributed by atoms with E-state index in [1.165, 1.54) is 16.7 Å². The Morgan fingerprint density at radius 3 is 2.23 bits per heavy atom. The second-order valence-electron chi connectivity index (χ2n) is 5.60. The first-order valence-electron chi connectivity index (χ1n) is 7.73. The summed E-state index contributed by atoms with van der Waals surface area (Å²) in [5, 5.41) is 2.23. The summed E-state index contributed by atoms with van der Waals surface area (Å²) in [4.78, 5) is 38.0. The van der Waals surface area contributed by atoms with Gasteiger partial charge in [0.05, 0.1) is 16.7 Å². The van der Waals surface area contributed by atoms with Crippen LogP contribution in [0.5, 0.6) is 0 Å². The van der Waals surface area contributed by atoms with E-state index in [2.05, 4.69) is 37.2 Å². The number of nitrogens with one attached hydrogen (secondary N) is 1. The minimum Gasteiger partial charge on any atom is -0.325 e. The van der Waals surface area contributed by atoms with Gasteiger partial charge in [0, 0.05) is 21.1 Å². The number of anilines is 2. The van der Waals surface area contributed by atoms with E-state index in [9.17, 15) is 14.4 Å². The summed E-state index contributed by atoms with van der Waals surface area (Å²) in [7, 11) is 0. The van der Waals surface area contributed by atoms with Crippen LogP contribution in [0.25, 0.3) is 0 Å². The quantitative estimate of drug-likeness (QED) is 0.628. The molecule has 0 radical (unpaired) electrons. The molecule has 0 aliphatic carbocycles. The van der Waals surface area contributed by atoms with Crippen molar-refractivity contribution in [2.75, 3.05) is 16.0 Å². The topological polar surface area (TPSA) is 66.5 Å². The van der Waals surface area contributed by atoms with E-state index in [0.717, 1.165) is 8.95 Å². The average Bonchev–Trinajstić information content (AvgIpc) is 2.90. The number of nitrogens with zero attached hydrogens (tertiary/aromatic N) is 1. The van der Waals surface area contributed by atoms with Crippen LogP contribution in [0.4, 0.5) is 11.4 Å². The molecule has 2 aromatic carbocycles. The molecule has 0 aromatic heterocycles. The number of hydrogen-bond acceptors (Lipinski definition) is 4. The van der Waals surface area contributed by atoms with Crippen molar-refractivity contribution in [2.45, 2.75) is 11.7 Å². The summed E-state index contributed by atoms with van der Waals surface area (Å²) >= 11 is 7.85. The van der Waals surface area contributed by atoms with Crippen molar-refractivity contribution in [1.29, 1.82) is 0 Å². The van der Waals surface area contributed by atoms with Gasteiger partial charge in [-0.25, -0.2) is 4.90 Å². The number of benzene rings is 2. The third kappa shape index (κ3) is 4.55. The van der Waals surface area contributed by atoms with E-state index in [4.69, 9.17) is 0 Å². The number of hydrogen-bond donors (Lipinski definition) is 1. The zero-order valence-electron chi connectivity index (χ0n) is 13.4. The van der Waals surface area contributed by atoms with E-state index in [-0.39, 0.29) is 29.9 Å². The molecule has 1 atom stereocenters. The monoisotopic (exact) mass is 496 g/mol. The van der Waals surface area contributed by atoms with Gasteiger partial charge in [0.1, 0.15) is 0 Å². The summed E-state index contributed by atoms with van der Waals surface area (Å²) in [6.45, 7) is 0. The van der Waals surface area contributed by atoms with Crippen molar-refractivity contribution in [1.82, 2.24) is 0 Å². The van der Waals surface area contributed by atoms with E-state index < -0.39 is 5.25 Å². The zero-order valence-corrected chi connectivity index (χ0v) is 17.4. The fourth-order valence-corrected chi connectivity index (χ4v) is 3.96. The first-order chi connectivity index (χ1) is 12.4. The van der Waals surface area contributed by atoms with Gasteiger partial charge in [-0.2, -0.15) is 0 Å². The zero-order chi connectivity index (χ0) is 18.7. The van der Waals surface area contributed by atoms with Gasteiger partial charge in [-0.15, -0.1) is 11.8 Å². The lowest BCUT2D eigenvalue weighted by molar-refractivity contribution is -0.121. The first kappa shape index (κ1) is 19.1. The van der Waals surface area contributed by atoms with Crippen LogP contribution in [0, 0.1) is 0 Å². The van der Waals surface area contributed by atoms with Crippen LogP contribution in [0.1, 0.15) is 6.42 Å². The molecule has 1 N–H and O–H groups in total. The van der Waals surface area contributed by atoms with Crippen LogP contribution in [0.15, 0.2) is 57.5 Å². The number of imide groups is 1.